The SMILES string of the molecule is O=C(NC1CCCCC1)N[C@@H](Cn1cc(Cl)c(=O)[nH]c1=O)C(=O)O. The van der Waals surface area contributed by atoms with Crippen LogP contribution in [0.4, 0.5) is 4.79 Å². The van der Waals surface area contributed by atoms with Gasteiger partial charge in [0.05, 0.1) is 6.54 Å². The van der Waals surface area contributed by atoms with Gasteiger partial charge in [0.25, 0.3) is 5.56 Å². The second-order valence-corrected chi connectivity index (χ2v) is 6.14. The van der Waals surface area contributed by atoms with Gasteiger partial charge < -0.3 is 15.7 Å². The first kappa shape index (κ1) is 18.1. The molecule has 1 atom stereocenters. The number of hydrogen-bond acceptors (Lipinski definition) is 4. The Balaban J connectivity index is 2.03. The van der Waals surface area contributed by atoms with Gasteiger partial charge in [0.2, 0.25) is 0 Å². The first-order valence-electron chi connectivity index (χ1n) is 7.66. The van der Waals surface area contributed by atoms with Crippen molar-refractivity contribution in [1.29, 1.82) is 0 Å². The van der Waals surface area contributed by atoms with Crippen LogP contribution in [-0.2, 0) is 11.3 Å². The molecule has 1 heterocycles. The molecule has 1 aliphatic rings. The van der Waals surface area contributed by atoms with Gasteiger partial charge in [0.15, 0.2) is 0 Å². The zero-order valence-electron chi connectivity index (χ0n) is 12.9. The van der Waals surface area contributed by atoms with E-state index in [1.165, 1.54) is 0 Å². The molecule has 1 saturated carbocycles. The molecule has 10 heteroatoms. The van der Waals surface area contributed by atoms with Gasteiger partial charge in [-0.15, -0.1) is 0 Å². The minimum atomic E-state index is -1.34. The second kappa shape index (κ2) is 8.00. The lowest BCUT2D eigenvalue weighted by Gasteiger charge is -2.24. The molecule has 24 heavy (non-hydrogen) atoms. The molecule has 9 nitrogen and oxygen atoms in total. The summed E-state index contributed by atoms with van der Waals surface area (Å²) in [6, 6.07) is -1.91. The molecule has 1 aromatic rings. The molecule has 1 aromatic heterocycles. The molecule has 0 unspecified atom stereocenters. The van der Waals surface area contributed by atoms with Crippen LogP contribution in [0.3, 0.4) is 0 Å². The molecule has 2 amide bonds. The van der Waals surface area contributed by atoms with Crippen LogP contribution in [-0.4, -0.2) is 38.7 Å². The van der Waals surface area contributed by atoms with E-state index in [4.69, 9.17) is 11.6 Å². The van der Waals surface area contributed by atoms with E-state index in [1.54, 1.807) is 0 Å². The van der Waals surface area contributed by atoms with Gasteiger partial charge >= 0.3 is 17.7 Å². The van der Waals surface area contributed by atoms with Crippen LogP contribution in [0.15, 0.2) is 15.8 Å². The van der Waals surface area contributed by atoms with Crippen molar-refractivity contribution in [3.05, 3.63) is 32.1 Å². The number of nitrogens with one attached hydrogen (secondary N) is 3. The third kappa shape index (κ3) is 4.85. The number of aromatic nitrogens is 2. The highest BCUT2D eigenvalue weighted by atomic mass is 35.5. The summed E-state index contributed by atoms with van der Waals surface area (Å²) in [5, 5.41) is 14.1. The van der Waals surface area contributed by atoms with E-state index in [0.717, 1.165) is 42.9 Å². The van der Waals surface area contributed by atoms with Gasteiger partial charge in [0.1, 0.15) is 11.1 Å². The van der Waals surface area contributed by atoms with Crippen molar-refractivity contribution < 1.29 is 14.7 Å². The number of carboxylic acids is 1. The molecule has 0 bridgehead atoms. The van der Waals surface area contributed by atoms with E-state index < -0.39 is 29.3 Å². The summed E-state index contributed by atoms with van der Waals surface area (Å²) in [5.41, 5.74) is -1.56. The maximum absolute atomic E-state index is 12.0. The standard InChI is InChI=1S/C14H19ClN4O5/c15-9-6-19(14(24)18-11(9)20)7-10(12(21)22)17-13(23)16-8-4-2-1-3-5-8/h6,8,10H,1-5,7H2,(H,21,22)(H2,16,17,23)(H,18,20,24)/t10-/m0/s1. The van der Waals surface area contributed by atoms with Gasteiger partial charge in [0, 0.05) is 12.2 Å². The fraction of sp³-hybridized carbons (Fsp3) is 0.571. The van der Waals surface area contributed by atoms with Crippen LogP contribution in [0.5, 0.6) is 0 Å². The molecule has 4 N–H and O–H groups in total. The number of halogens is 1. The summed E-state index contributed by atoms with van der Waals surface area (Å²) in [6.45, 7) is -0.358. The Morgan fingerprint density at radius 2 is 2.00 bits per heavy atom. The predicted molar refractivity (Wildman–Crippen MR) is 86.3 cm³/mol. The van der Waals surface area contributed by atoms with E-state index in [2.05, 4.69) is 10.6 Å². The third-order valence-electron chi connectivity index (χ3n) is 3.89. The Bertz CT molecular complexity index is 723. The van der Waals surface area contributed by atoms with Crippen LogP contribution in [0.2, 0.25) is 5.02 Å². The summed E-state index contributed by atoms with van der Waals surface area (Å²) in [4.78, 5) is 48.2. The first-order valence-corrected chi connectivity index (χ1v) is 8.03. The molecule has 0 radical (unpaired) electrons. The molecular formula is C14H19ClN4O5. The van der Waals surface area contributed by atoms with Crippen molar-refractivity contribution in [1.82, 2.24) is 20.2 Å². The van der Waals surface area contributed by atoms with Crippen molar-refractivity contribution in [3.63, 3.8) is 0 Å². The quantitative estimate of drug-likeness (QED) is 0.599. The number of nitrogens with zero attached hydrogens (tertiary/aromatic N) is 1. The highest BCUT2D eigenvalue weighted by Crippen LogP contribution is 2.17. The van der Waals surface area contributed by atoms with Crippen molar-refractivity contribution in [2.75, 3.05) is 0 Å². The maximum atomic E-state index is 12.0. The molecule has 1 aliphatic carbocycles. The molecule has 2 rings (SSSR count). The zero-order chi connectivity index (χ0) is 17.7. The van der Waals surface area contributed by atoms with Crippen molar-refractivity contribution in [2.45, 2.75) is 50.7 Å². The molecule has 0 aliphatic heterocycles. The molecular weight excluding hydrogens is 340 g/mol. The molecule has 0 spiro atoms. The van der Waals surface area contributed by atoms with Crippen LogP contribution < -0.4 is 21.9 Å². The predicted octanol–water partition coefficient (Wildman–Crippen LogP) is 0.275. The van der Waals surface area contributed by atoms with E-state index in [9.17, 15) is 24.3 Å². The molecule has 1 fully saturated rings. The summed E-state index contributed by atoms with van der Waals surface area (Å²) >= 11 is 5.63. The van der Waals surface area contributed by atoms with Gasteiger partial charge in [-0.1, -0.05) is 30.9 Å². The number of H-pyrrole nitrogens is 1. The van der Waals surface area contributed by atoms with Crippen LogP contribution >= 0.6 is 11.6 Å². The van der Waals surface area contributed by atoms with Crippen molar-refractivity contribution in [3.8, 4) is 0 Å². The largest absolute Gasteiger partial charge is 0.480 e. The average Bonchev–Trinajstić information content (AvgIpc) is 2.52. The lowest BCUT2D eigenvalue weighted by atomic mass is 9.96. The smallest absolute Gasteiger partial charge is 0.328 e. The highest BCUT2D eigenvalue weighted by molar-refractivity contribution is 6.30. The van der Waals surface area contributed by atoms with Gasteiger partial charge in [-0.3, -0.25) is 14.3 Å². The third-order valence-corrected chi connectivity index (χ3v) is 4.16. The van der Waals surface area contributed by atoms with E-state index in [0.29, 0.717) is 0 Å². The minimum absolute atomic E-state index is 0.0263. The number of amides is 2. The topological polar surface area (TPSA) is 133 Å². The van der Waals surface area contributed by atoms with Crippen LogP contribution in [0.1, 0.15) is 32.1 Å². The number of carboxylic acid groups (broad SMARTS) is 1. The van der Waals surface area contributed by atoms with Crippen molar-refractivity contribution in [2.24, 2.45) is 0 Å². The fourth-order valence-corrected chi connectivity index (χ4v) is 2.80. The molecule has 0 saturated heterocycles. The Morgan fingerprint density at radius 3 is 2.62 bits per heavy atom. The number of carbonyl (C=O) groups excluding carboxylic acids is 1. The van der Waals surface area contributed by atoms with Gasteiger partial charge in [-0.25, -0.2) is 14.4 Å². The van der Waals surface area contributed by atoms with Crippen LogP contribution in [0.25, 0.3) is 0 Å². The van der Waals surface area contributed by atoms with Gasteiger partial charge in [-0.2, -0.15) is 0 Å². The zero-order valence-corrected chi connectivity index (χ0v) is 13.6. The number of carbonyl (C=O) groups is 2. The highest BCUT2D eigenvalue weighted by Gasteiger charge is 2.23. The number of hydrogen-bond donors (Lipinski definition) is 4. The number of urea groups is 1. The Kier molecular flexibility index (Phi) is 6.02. The summed E-state index contributed by atoms with van der Waals surface area (Å²) in [6.07, 6.45) is 5.95. The second-order valence-electron chi connectivity index (χ2n) is 5.73. The Morgan fingerprint density at radius 1 is 1.33 bits per heavy atom. The first-order chi connectivity index (χ1) is 11.4. The summed E-state index contributed by atoms with van der Waals surface area (Å²) < 4.78 is 0.934. The maximum Gasteiger partial charge on any atom is 0.328 e. The molecule has 0 aromatic carbocycles. The fourth-order valence-electron chi connectivity index (χ4n) is 2.63. The minimum Gasteiger partial charge on any atom is -0.480 e. The van der Waals surface area contributed by atoms with E-state index >= 15 is 0 Å². The average molecular weight is 359 g/mol. The Labute approximate surface area is 142 Å². The Hall–Kier alpha value is -2.29. The monoisotopic (exact) mass is 358 g/mol. The van der Waals surface area contributed by atoms with E-state index in [1.807, 2.05) is 4.98 Å². The van der Waals surface area contributed by atoms with Crippen LogP contribution in [0, 0.1) is 0 Å². The van der Waals surface area contributed by atoms with Gasteiger partial charge in [-0.05, 0) is 12.8 Å². The number of aromatic amines is 1. The van der Waals surface area contributed by atoms with Crippen molar-refractivity contribution >= 4 is 23.6 Å². The number of rotatable bonds is 5. The lowest BCUT2D eigenvalue weighted by molar-refractivity contribution is -0.139. The molecule has 132 valence electrons. The number of aliphatic carboxylic acids is 1. The lowest BCUT2D eigenvalue weighted by Crippen LogP contribution is -2.51. The normalized spacial score (nSPS) is 16.4. The summed E-state index contributed by atoms with van der Waals surface area (Å²) in [5.74, 6) is -1.30. The van der Waals surface area contributed by atoms with E-state index in [-0.39, 0.29) is 17.6 Å². The summed E-state index contributed by atoms with van der Waals surface area (Å²) in [7, 11) is 0.